The summed E-state index contributed by atoms with van der Waals surface area (Å²) in [4.78, 5) is 28.1. The van der Waals surface area contributed by atoms with E-state index in [1.807, 2.05) is 38.4 Å². The van der Waals surface area contributed by atoms with Crippen molar-refractivity contribution >= 4 is 33.4 Å². The summed E-state index contributed by atoms with van der Waals surface area (Å²) >= 11 is 3.36. The summed E-state index contributed by atoms with van der Waals surface area (Å²) in [5.74, 6) is -0.254. The Hall–Kier alpha value is -1.40. The van der Waals surface area contributed by atoms with Crippen molar-refractivity contribution in [2.45, 2.75) is 12.8 Å². The Labute approximate surface area is 139 Å². The summed E-state index contributed by atoms with van der Waals surface area (Å²) in [7, 11) is 4.03. The van der Waals surface area contributed by atoms with E-state index in [0.717, 1.165) is 29.7 Å². The number of rotatable bonds is 6. The molecule has 0 aromatic heterocycles. The molecule has 1 saturated heterocycles. The lowest BCUT2D eigenvalue weighted by molar-refractivity contribution is -0.128. The minimum Gasteiger partial charge on any atom is -0.342 e. The first kappa shape index (κ1) is 17.0. The van der Waals surface area contributed by atoms with Crippen LogP contribution in [0.5, 0.6) is 0 Å². The molecule has 22 heavy (non-hydrogen) atoms. The van der Waals surface area contributed by atoms with Crippen LogP contribution >= 0.6 is 15.9 Å². The highest BCUT2D eigenvalue weighted by Gasteiger charge is 2.33. The van der Waals surface area contributed by atoms with Gasteiger partial charge < -0.3 is 15.1 Å². The van der Waals surface area contributed by atoms with Gasteiger partial charge in [0, 0.05) is 29.7 Å². The first-order valence-electron chi connectivity index (χ1n) is 7.44. The number of hydrogen-bond acceptors (Lipinski definition) is 3. The lowest BCUT2D eigenvalue weighted by atomic mass is 10.1. The van der Waals surface area contributed by atoms with Crippen LogP contribution in [0.1, 0.15) is 12.8 Å². The molecule has 1 aliphatic rings. The van der Waals surface area contributed by atoms with Crippen LogP contribution in [0.4, 0.5) is 5.69 Å². The van der Waals surface area contributed by atoms with Crippen LogP contribution in [0.15, 0.2) is 28.7 Å². The normalized spacial score (nSPS) is 18.1. The zero-order valence-electron chi connectivity index (χ0n) is 13.0. The molecule has 0 saturated carbocycles. The molecule has 0 aliphatic carbocycles. The zero-order valence-corrected chi connectivity index (χ0v) is 14.6. The molecule has 1 atom stereocenters. The summed E-state index contributed by atoms with van der Waals surface area (Å²) in [6.45, 7) is 2.19. The standard InChI is InChI=1S/C16H22BrN3O2/c1-19(2)8-3-9-20-11-12(10-15(20)21)16(22)18-14-6-4-13(17)5-7-14/h4-7,12H,3,8-11H2,1-2H3,(H,18,22). The molecule has 1 aromatic carbocycles. The highest BCUT2D eigenvalue weighted by atomic mass is 79.9. The van der Waals surface area contributed by atoms with Crippen molar-refractivity contribution in [1.82, 2.24) is 9.80 Å². The van der Waals surface area contributed by atoms with Crippen molar-refractivity contribution in [2.75, 3.05) is 39.0 Å². The molecule has 1 heterocycles. The van der Waals surface area contributed by atoms with Gasteiger partial charge in [-0.2, -0.15) is 0 Å². The van der Waals surface area contributed by atoms with Gasteiger partial charge in [-0.25, -0.2) is 0 Å². The van der Waals surface area contributed by atoms with E-state index >= 15 is 0 Å². The van der Waals surface area contributed by atoms with Gasteiger partial charge in [0.15, 0.2) is 0 Å². The molecule has 1 aliphatic heterocycles. The van der Waals surface area contributed by atoms with Crippen LogP contribution in [0, 0.1) is 5.92 Å². The van der Waals surface area contributed by atoms with E-state index in [1.165, 1.54) is 0 Å². The summed E-state index contributed by atoms with van der Waals surface area (Å²) in [5, 5.41) is 2.88. The third kappa shape index (κ3) is 4.81. The van der Waals surface area contributed by atoms with E-state index in [-0.39, 0.29) is 17.7 Å². The predicted octanol–water partition coefficient (Wildman–Crippen LogP) is 2.19. The maximum absolute atomic E-state index is 12.3. The molecule has 120 valence electrons. The maximum atomic E-state index is 12.3. The minimum absolute atomic E-state index is 0.0780. The van der Waals surface area contributed by atoms with Crippen molar-refractivity contribution in [3.05, 3.63) is 28.7 Å². The molecule has 1 unspecified atom stereocenters. The molecule has 2 rings (SSSR count). The number of carbonyl (C=O) groups is 2. The topological polar surface area (TPSA) is 52.6 Å². The Bertz CT molecular complexity index is 531. The highest BCUT2D eigenvalue weighted by Crippen LogP contribution is 2.21. The van der Waals surface area contributed by atoms with Crippen molar-refractivity contribution < 1.29 is 9.59 Å². The van der Waals surface area contributed by atoms with Gasteiger partial charge >= 0.3 is 0 Å². The fourth-order valence-corrected chi connectivity index (χ4v) is 2.78. The maximum Gasteiger partial charge on any atom is 0.229 e. The molecular weight excluding hydrogens is 346 g/mol. The number of anilines is 1. The van der Waals surface area contributed by atoms with Crippen LogP contribution in [0.3, 0.4) is 0 Å². The second-order valence-electron chi connectivity index (χ2n) is 5.89. The van der Waals surface area contributed by atoms with E-state index in [4.69, 9.17) is 0 Å². The van der Waals surface area contributed by atoms with Gasteiger partial charge in [0.05, 0.1) is 5.92 Å². The Morgan fingerprint density at radius 2 is 2.05 bits per heavy atom. The van der Waals surface area contributed by atoms with Crippen LogP contribution < -0.4 is 5.32 Å². The summed E-state index contributed by atoms with van der Waals surface area (Å²) in [5.41, 5.74) is 0.756. The molecular formula is C16H22BrN3O2. The summed E-state index contributed by atoms with van der Waals surface area (Å²) < 4.78 is 0.966. The van der Waals surface area contributed by atoms with Gasteiger partial charge in [0.2, 0.25) is 11.8 Å². The van der Waals surface area contributed by atoms with Gasteiger partial charge in [0.1, 0.15) is 0 Å². The predicted molar refractivity (Wildman–Crippen MR) is 90.6 cm³/mol. The molecule has 0 radical (unpaired) electrons. The zero-order chi connectivity index (χ0) is 16.1. The number of amides is 2. The van der Waals surface area contributed by atoms with Crippen LogP contribution in [-0.4, -0.2) is 55.3 Å². The van der Waals surface area contributed by atoms with Gasteiger partial charge in [-0.05, 0) is 51.3 Å². The Balaban J connectivity index is 1.84. The number of benzene rings is 1. The smallest absolute Gasteiger partial charge is 0.229 e. The van der Waals surface area contributed by atoms with Crippen LogP contribution in [0.25, 0.3) is 0 Å². The van der Waals surface area contributed by atoms with E-state index < -0.39 is 0 Å². The minimum atomic E-state index is -0.254. The van der Waals surface area contributed by atoms with Crippen molar-refractivity contribution in [2.24, 2.45) is 5.92 Å². The Morgan fingerprint density at radius 1 is 1.36 bits per heavy atom. The molecule has 2 amide bonds. The van der Waals surface area contributed by atoms with Crippen molar-refractivity contribution in [1.29, 1.82) is 0 Å². The first-order valence-corrected chi connectivity index (χ1v) is 8.24. The first-order chi connectivity index (χ1) is 10.5. The average Bonchev–Trinajstić information content (AvgIpc) is 2.83. The second kappa shape index (κ2) is 7.74. The fourth-order valence-electron chi connectivity index (χ4n) is 2.52. The average molecular weight is 368 g/mol. The monoisotopic (exact) mass is 367 g/mol. The molecule has 1 fully saturated rings. The third-order valence-electron chi connectivity index (χ3n) is 3.73. The van der Waals surface area contributed by atoms with Crippen molar-refractivity contribution in [3.63, 3.8) is 0 Å². The quantitative estimate of drug-likeness (QED) is 0.838. The van der Waals surface area contributed by atoms with Crippen molar-refractivity contribution in [3.8, 4) is 0 Å². The van der Waals surface area contributed by atoms with E-state index in [0.29, 0.717) is 13.0 Å². The number of halogens is 1. The van der Waals surface area contributed by atoms with Gasteiger partial charge in [-0.3, -0.25) is 9.59 Å². The summed E-state index contributed by atoms with van der Waals surface area (Å²) in [6.07, 6.45) is 1.24. The lowest BCUT2D eigenvalue weighted by Crippen LogP contribution is -2.30. The van der Waals surface area contributed by atoms with E-state index in [2.05, 4.69) is 26.1 Å². The van der Waals surface area contributed by atoms with Gasteiger partial charge in [-0.1, -0.05) is 15.9 Å². The molecule has 0 spiro atoms. The Kier molecular flexibility index (Phi) is 5.97. The number of likely N-dealkylation sites (tertiary alicyclic amines) is 1. The summed E-state index contributed by atoms with van der Waals surface area (Å²) in [6, 6.07) is 7.44. The largest absolute Gasteiger partial charge is 0.342 e. The lowest BCUT2D eigenvalue weighted by Gasteiger charge is -2.18. The van der Waals surface area contributed by atoms with E-state index in [1.54, 1.807) is 4.90 Å². The molecule has 0 bridgehead atoms. The number of carbonyl (C=O) groups excluding carboxylic acids is 2. The highest BCUT2D eigenvalue weighted by molar-refractivity contribution is 9.10. The number of nitrogens with one attached hydrogen (secondary N) is 1. The molecule has 5 nitrogen and oxygen atoms in total. The van der Waals surface area contributed by atoms with E-state index in [9.17, 15) is 9.59 Å². The van der Waals surface area contributed by atoms with Gasteiger partial charge in [0.25, 0.3) is 0 Å². The van der Waals surface area contributed by atoms with Crippen LogP contribution in [0.2, 0.25) is 0 Å². The molecule has 6 heteroatoms. The molecule has 1 aromatic rings. The second-order valence-corrected chi connectivity index (χ2v) is 6.81. The number of hydrogen-bond donors (Lipinski definition) is 1. The third-order valence-corrected chi connectivity index (χ3v) is 4.26. The van der Waals surface area contributed by atoms with Crippen LogP contribution in [-0.2, 0) is 9.59 Å². The molecule has 1 N–H and O–H groups in total. The fraction of sp³-hybridized carbons (Fsp3) is 0.500. The number of nitrogens with zero attached hydrogens (tertiary/aromatic N) is 2. The van der Waals surface area contributed by atoms with Gasteiger partial charge in [-0.15, -0.1) is 0 Å². The SMILES string of the molecule is CN(C)CCCN1CC(C(=O)Nc2ccc(Br)cc2)CC1=O. The Morgan fingerprint density at radius 3 is 2.68 bits per heavy atom.